The Labute approximate surface area is 261 Å². The maximum atomic E-state index is 11.9. The molecule has 7 heteroatoms. The molecule has 44 heavy (non-hydrogen) atoms. The highest BCUT2D eigenvalue weighted by molar-refractivity contribution is 5.68. The van der Waals surface area contributed by atoms with Crippen molar-refractivity contribution in [2.24, 2.45) is 5.92 Å². The zero-order chi connectivity index (χ0) is 30.7. The maximum Gasteiger partial charge on any atom is 0.407 e. The molecule has 0 aliphatic carbocycles. The highest BCUT2D eigenvalue weighted by atomic mass is 16.7. The van der Waals surface area contributed by atoms with Crippen molar-refractivity contribution in [3.05, 3.63) is 108 Å². The fraction of sp³-hybridized carbons (Fsp3) is 0.432. The SMILES string of the molecule is C=CCOC(=O)NCc1cccc(-c2cccc([C@H]3O[C@@H](CN4CCCCCCC4)[C@@H](C)[C@@H](c4ccc(CO)cc4)O3)c2)c1. The fourth-order valence-corrected chi connectivity index (χ4v) is 6.16. The van der Waals surface area contributed by atoms with Gasteiger partial charge in [-0.25, -0.2) is 4.79 Å². The van der Waals surface area contributed by atoms with Crippen LogP contribution in [0.2, 0.25) is 0 Å². The van der Waals surface area contributed by atoms with Crippen molar-refractivity contribution in [1.29, 1.82) is 0 Å². The Kier molecular flexibility index (Phi) is 11.6. The van der Waals surface area contributed by atoms with Crippen LogP contribution in [0.1, 0.15) is 73.7 Å². The zero-order valence-corrected chi connectivity index (χ0v) is 25.8. The number of aliphatic hydroxyl groups is 1. The van der Waals surface area contributed by atoms with Crippen molar-refractivity contribution >= 4 is 6.09 Å². The second-order valence-corrected chi connectivity index (χ2v) is 12.0. The van der Waals surface area contributed by atoms with Crippen molar-refractivity contribution in [1.82, 2.24) is 10.2 Å². The van der Waals surface area contributed by atoms with Gasteiger partial charge >= 0.3 is 6.09 Å². The monoisotopic (exact) mass is 598 g/mol. The number of nitrogens with one attached hydrogen (secondary N) is 1. The highest BCUT2D eigenvalue weighted by Crippen LogP contribution is 2.42. The summed E-state index contributed by atoms with van der Waals surface area (Å²) >= 11 is 0. The first-order valence-electron chi connectivity index (χ1n) is 16.0. The normalized spacial score (nSPS) is 22.9. The lowest BCUT2D eigenvalue weighted by atomic mass is 9.89. The Morgan fingerprint density at radius 1 is 0.932 bits per heavy atom. The first-order valence-corrected chi connectivity index (χ1v) is 16.0. The van der Waals surface area contributed by atoms with Crippen molar-refractivity contribution in [2.45, 2.75) is 70.7 Å². The molecule has 3 aromatic rings. The minimum absolute atomic E-state index is 0.00889. The molecule has 2 heterocycles. The van der Waals surface area contributed by atoms with Gasteiger partial charge in [-0.05, 0) is 65.9 Å². The molecule has 7 nitrogen and oxygen atoms in total. The molecule has 2 N–H and O–H groups in total. The van der Waals surface area contributed by atoms with Crippen LogP contribution >= 0.6 is 0 Å². The number of aliphatic hydroxyl groups excluding tert-OH is 1. The van der Waals surface area contributed by atoms with Crippen LogP contribution in [-0.2, 0) is 27.4 Å². The van der Waals surface area contributed by atoms with Crippen LogP contribution in [0.5, 0.6) is 0 Å². The number of alkyl carbamates (subject to hydrolysis) is 1. The molecular weight excluding hydrogens is 552 g/mol. The van der Waals surface area contributed by atoms with E-state index in [2.05, 4.69) is 66.2 Å². The molecular formula is C37H46N2O5. The third-order valence-corrected chi connectivity index (χ3v) is 8.70. The summed E-state index contributed by atoms with van der Waals surface area (Å²) in [6.45, 7) is 9.48. The highest BCUT2D eigenvalue weighted by Gasteiger charge is 2.39. The van der Waals surface area contributed by atoms with Gasteiger partial charge in [-0.3, -0.25) is 0 Å². The number of nitrogens with zero attached hydrogens (tertiary/aromatic N) is 1. The smallest absolute Gasteiger partial charge is 0.407 e. The number of carbonyl (C=O) groups excluding carboxylic acids is 1. The van der Waals surface area contributed by atoms with Crippen LogP contribution < -0.4 is 5.32 Å². The van der Waals surface area contributed by atoms with E-state index >= 15 is 0 Å². The van der Waals surface area contributed by atoms with E-state index in [4.69, 9.17) is 14.2 Å². The Bertz CT molecular complexity index is 1350. The van der Waals surface area contributed by atoms with Crippen LogP contribution in [0.3, 0.4) is 0 Å². The number of hydrogen-bond acceptors (Lipinski definition) is 6. The third kappa shape index (κ3) is 8.57. The zero-order valence-electron chi connectivity index (χ0n) is 25.8. The van der Waals surface area contributed by atoms with Gasteiger partial charge in [0.05, 0.1) is 18.8 Å². The summed E-state index contributed by atoms with van der Waals surface area (Å²) in [5.41, 5.74) is 6.03. The molecule has 0 radical (unpaired) electrons. The quantitative estimate of drug-likeness (QED) is 0.238. The number of likely N-dealkylation sites (tertiary alicyclic amines) is 1. The molecule has 2 saturated heterocycles. The molecule has 4 atom stereocenters. The number of amides is 1. The lowest BCUT2D eigenvalue weighted by Crippen LogP contribution is -2.45. The number of ether oxygens (including phenoxy) is 3. The number of hydrogen-bond donors (Lipinski definition) is 2. The molecule has 3 aromatic carbocycles. The second kappa shape index (κ2) is 16.0. The van der Waals surface area contributed by atoms with Gasteiger partial charge in [0.2, 0.25) is 0 Å². The molecule has 0 aromatic heterocycles. The molecule has 0 unspecified atom stereocenters. The van der Waals surface area contributed by atoms with Gasteiger partial charge in [0.15, 0.2) is 6.29 Å². The summed E-state index contributed by atoms with van der Waals surface area (Å²) in [5.74, 6) is 0.155. The van der Waals surface area contributed by atoms with Crippen molar-refractivity contribution in [3.8, 4) is 11.1 Å². The topological polar surface area (TPSA) is 80.3 Å². The van der Waals surface area contributed by atoms with Gasteiger partial charge in [0.25, 0.3) is 0 Å². The van der Waals surface area contributed by atoms with E-state index in [0.29, 0.717) is 6.54 Å². The van der Waals surface area contributed by atoms with Gasteiger partial charge in [-0.1, -0.05) is 99.5 Å². The van der Waals surface area contributed by atoms with E-state index in [9.17, 15) is 9.90 Å². The molecule has 0 saturated carbocycles. The molecule has 0 bridgehead atoms. The van der Waals surface area contributed by atoms with Crippen LogP contribution in [0.25, 0.3) is 11.1 Å². The molecule has 2 aliphatic rings. The first kappa shape index (κ1) is 31.9. The standard InChI is InChI=1S/C37H46N2O5/c1-3-21-42-37(41)38-24-29-11-9-12-31(22-29)32-13-10-14-33(23-32)36-43-34(25-39-19-7-5-4-6-8-20-39)27(2)35(44-36)30-17-15-28(26-40)16-18-30/h3,9-18,22-23,27,34-36,40H,1,4-8,19-21,24-26H2,2H3,(H,38,41)/t27-,34+,35+,36+/m1/s1. The molecule has 5 rings (SSSR count). The minimum atomic E-state index is -0.516. The van der Waals surface area contributed by atoms with Crippen LogP contribution in [0.15, 0.2) is 85.5 Å². The third-order valence-electron chi connectivity index (χ3n) is 8.70. The van der Waals surface area contributed by atoms with Gasteiger partial charge in [0, 0.05) is 24.6 Å². The van der Waals surface area contributed by atoms with E-state index < -0.39 is 12.4 Å². The Hall–Kier alpha value is -3.49. The number of benzene rings is 3. The second-order valence-electron chi connectivity index (χ2n) is 12.0. The van der Waals surface area contributed by atoms with Crippen molar-refractivity contribution in [3.63, 3.8) is 0 Å². The van der Waals surface area contributed by atoms with Gasteiger partial charge < -0.3 is 29.5 Å². The predicted molar refractivity (Wildman–Crippen MR) is 173 cm³/mol. The van der Waals surface area contributed by atoms with Crippen LogP contribution in [-0.4, -0.2) is 48.4 Å². The van der Waals surface area contributed by atoms with Gasteiger partial charge in [-0.15, -0.1) is 0 Å². The van der Waals surface area contributed by atoms with E-state index in [-0.39, 0.29) is 31.3 Å². The number of rotatable bonds is 10. The first-order chi connectivity index (χ1) is 21.5. The lowest BCUT2D eigenvalue weighted by Gasteiger charge is -2.43. The summed E-state index contributed by atoms with van der Waals surface area (Å²) in [7, 11) is 0. The predicted octanol–water partition coefficient (Wildman–Crippen LogP) is 7.32. The lowest BCUT2D eigenvalue weighted by molar-refractivity contribution is -0.276. The average molecular weight is 599 g/mol. The van der Waals surface area contributed by atoms with Crippen LogP contribution in [0, 0.1) is 5.92 Å². The Morgan fingerprint density at radius 2 is 1.64 bits per heavy atom. The molecule has 2 aliphatic heterocycles. The van der Waals surface area contributed by atoms with E-state index in [1.807, 2.05) is 30.3 Å². The maximum absolute atomic E-state index is 11.9. The van der Waals surface area contributed by atoms with Gasteiger partial charge in [0.1, 0.15) is 6.61 Å². The summed E-state index contributed by atoms with van der Waals surface area (Å²) in [6.07, 6.45) is 6.83. The summed E-state index contributed by atoms with van der Waals surface area (Å²) in [6, 6.07) is 24.6. The van der Waals surface area contributed by atoms with E-state index in [1.165, 1.54) is 32.1 Å². The summed E-state index contributed by atoms with van der Waals surface area (Å²) in [4.78, 5) is 14.5. The Morgan fingerprint density at radius 3 is 2.36 bits per heavy atom. The molecule has 0 spiro atoms. The summed E-state index contributed by atoms with van der Waals surface area (Å²) < 4.78 is 18.6. The summed E-state index contributed by atoms with van der Waals surface area (Å²) in [5, 5.41) is 12.4. The Balaban J connectivity index is 1.37. The largest absolute Gasteiger partial charge is 0.445 e. The minimum Gasteiger partial charge on any atom is -0.445 e. The van der Waals surface area contributed by atoms with E-state index in [1.54, 1.807) is 6.08 Å². The fourth-order valence-electron chi connectivity index (χ4n) is 6.16. The molecule has 234 valence electrons. The van der Waals surface area contributed by atoms with Gasteiger partial charge in [-0.2, -0.15) is 0 Å². The van der Waals surface area contributed by atoms with E-state index in [0.717, 1.165) is 53.0 Å². The molecule has 2 fully saturated rings. The van der Waals surface area contributed by atoms with Crippen molar-refractivity contribution < 1.29 is 24.1 Å². The number of carbonyl (C=O) groups is 1. The van der Waals surface area contributed by atoms with Crippen LogP contribution in [0.4, 0.5) is 4.79 Å². The van der Waals surface area contributed by atoms with Crippen molar-refractivity contribution in [2.75, 3.05) is 26.2 Å². The molecule has 1 amide bonds. The average Bonchev–Trinajstić information content (AvgIpc) is 3.05.